The Labute approximate surface area is 120 Å². The van der Waals surface area contributed by atoms with Crippen molar-refractivity contribution in [1.29, 1.82) is 0 Å². The summed E-state index contributed by atoms with van der Waals surface area (Å²) in [5.41, 5.74) is 2.03. The summed E-state index contributed by atoms with van der Waals surface area (Å²) in [6.07, 6.45) is 1.72. The molecular formula is C13H11NO3S2. The third kappa shape index (κ3) is 3.21. The molecule has 1 fully saturated rings. The normalized spacial score (nSPS) is 17.3. The Morgan fingerprint density at radius 3 is 2.63 bits per heavy atom. The van der Waals surface area contributed by atoms with E-state index in [0.29, 0.717) is 4.91 Å². The number of amides is 1. The molecule has 0 aliphatic carbocycles. The van der Waals surface area contributed by atoms with Crippen LogP contribution in [0.15, 0.2) is 29.2 Å². The van der Waals surface area contributed by atoms with Gasteiger partial charge in [-0.2, -0.15) is 0 Å². The van der Waals surface area contributed by atoms with Gasteiger partial charge in [0.1, 0.15) is 10.9 Å². The number of thioether (sulfide) groups is 1. The molecule has 1 saturated heterocycles. The summed E-state index contributed by atoms with van der Waals surface area (Å²) in [7, 11) is 0. The first-order valence-electron chi connectivity index (χ1n) is 5.51. The summed E-state index contributed by atoms with van der Waals surface area (Å²) in [4.78, 5) is 24.2. The van der Waals surface area contributed by atoms with Gasteiger partial charge in [0.25, 0.3) is 5.91 Å². The van der Waals surface area contributed by atoms with E-state index in [9.17, 15) is 9.59 Å². The lowest BCUT2D eigenvalue weighted by molar-refractivity contribution is -0.140. The van der Waals surface area contributed by atoms with Gasteiger partial charge in [0.2, 0.25) is 0 Å². The van der Waals surface area contributed by atoms with Gasteiger partial charge in [0, 0.05) is 0 Å². The summed E-state index contributed by atoms with van der Waals surface area (Å²) >= 11 is 6.14. The van der Waals surface area contributed by atoms with E-state index in [1.165, 1.54) is 0 Å². The highest BCUT2D eigenvalue weighted by molar-refractivity contribution is 8.26. The van der Waals surface area contributed by atoms with Gasteiger partial charge >= 0.3 is 5.97 Å². The largest absolute Gasteiger partial charge is 0.480 e. The fraction of sp³-hybridized carbons (Fsp3) is 0.154. The summed E-state index contributed by atoms with van der Waals surface area (Å²) < 4.78 is 0.283. The first-order chi connectivity index (χ1) is 8.97. The Morgan fingerprint density at radius 1 is 1.42 bits per heavy atom. The summed E-state index contributed by atoms with van der Waals surface area (Å²) in [5, 5.41) is 8.73. The summed E-state index contributed by atoms with van der Waals surface area (Å²) in [5.74, 6) is -1.43. The molecule has 6 heteroatoms. The van der Waals surface area contributed by atoms with Crippen molar-refractivity contribution in [2.75, 3.05) is 6.54 Å². The van der Waals surface area contributed by atoms with Crippen LogP contribution in [0, 0.1) is 6.92 Å². The van der Waals surface area contributed by atoms with E-state index in [4.69, 9.17) is 17.3 Å². The minimum atomic E-state index is -1.08. The number of carboxylic acid groups (broad SMARTS) is 1. The number of thiocarbonyl (C=S) groups is 1. The number of aryl methyl sites for hydroxylation is 1. The molecule has 1 aromatic carbocycles. The van der Waals surface area contributed by atoms with Gasteiger partial charge in [-0.15, -0.1) is 0 Å². The molecule has 0 radical (unpaired) electrons. The van der Waals surface area contributed by atoms with Crippen LogP contribution < -0.4 is 0 Å². The fourth-order valence-electron chi connectivity index (χ4n) is 1.59. The average molecular weight is 293 g/mol. The van der Waals surface area contributed by atoms with Gasteiger partial charge in [-0.05, 0) is 18.6 Å². The van der Waals surface area contributed by atoms with Gasteiger partial charge < -0.3 is 5.11 Å². The van der Waals surface area contributed by atoms with Crippen LogP contribution >= 0.6 is 24.0 Å². The van der Waals surface area contributed by atoms with E-state index in [0.717, 1.165) is 27.8 Å². The number of hydrogen-bond donors (Lipinski definition) is 1. The Kier molecular flexibility index (Phi) is 4.01. The van der Waals surface area contributed by atoms with Crippen LogP contribution in [0.1, 0.15) is 11.1 Å². The second-order valence-corrected chi connectivity index (χ2v) is 5.75. The molecule has 0 spiro atoms. The highest BCUT2D eigenvalue weighted by atomic mass is 32.2. The third-order valence-electron chi connectivity index (χ3n) is 2.54. The molecule has 0 aromatic heterocycles. The molecule has 1 amide bonds. The molecule has 2 rings (SSSR count). The van der Waals surface area contributed by atoms with Crippen LogP contribution in [0.25, 0.3) is 6.08 Å². The molecular weight excluding hydrogens is 282 g/mol. The van der Waals surface area contributed by atoms with Crippen molar-refractivity contribution >= 4 is 46.3 Å². The zero-order valence-electron chi connectivity index (χ0n) is 10.1. The number of carboxylic acids is 1. The van der Waals surface area contributed by atoms with E-state index in [1.54, 1.807) is 6.08 Å². The fourth-order valence-corrected chi connectivity index (χ4v) is 2.84. The van der Waals surface area contributed by atoms with E-state index in [1.807, 2.05) is 31.2 Å². The minimum absolute atomic E-state index is 0.283. The maximum Gasteiger partial charge on any atom is 0.323 e. The first kappa shape index (κ1) is 13.8. The van der Waals surface area contributed by atoms with Crippen LogP contribution in [0.3, 0.4) is 0 Å². The van der Waals surface area contributed by atoms with Gasteiger partial charge in [-0.3, -0.25) is 14.5 Å². The third-order valence-corrected chi connectivity index (χ3v) is 3.92. The smallest absolute Gasteiger partial charge is 0.323 e. The lowest BCUT2D eigenvalue weighted by Crippen LogP contribution is -2.33. The molecule has 1 N–H and O–H groups in total. The summed E-state index contributed by atoms with van der Waals surface area (Å²) in [6.45, 7) is 1.59. The Morgan fingerprint density at radius 2 is 2.05 bits per heavy atom. The van der Waals surface area contributed by atoms with E-state index >= 15 is 0 Å². The Hall–Kier alpha value is -1.66. The predicted octanol–water partition coefficient (Wildman–Crippen LogP) is 2.28. The van der Waals surface area contributed by atoms with Gasteiger partial charge in [-0.1, -0.05) is 53.8 Å². The lowest BCUT2D eigenvalue weighted by atomic mass is 10.1. The monoisotopic (exact) mass is 293 g/mol. The van der Waals surface area contributed by atoms with Crippen molar-refractivity contribution < 1.29 is 14.7 Å². The van der Waals surface area contributed by atoms with Gasteiger partial charge in [0.05, 0.1) is 4.91 Å². The zero-order chi connectivity index (χ0) is 14.0. The van der Waals surface area contributed by atoms with Crippen molar-refractivity contribution in [3.8, 4) is 0 Å². The van der Waals surface area contributed by atoms with Crippen molar-refractivity contribution in [2.24, 2.45) is 0 Å². The number of nitrogens with zero attached hydrogens (tertiary/aromatic N) is 1. The quantitative estimate of drug-likeness (QED) is 0.684. The van der Waals surface area contributed by atoms with Crippen molar-refractivity contribution in [3.63, 3.8) is 0 Å². The first-order valence-corrected chi connectivity index (χ1v) is 6.73. The Balaban J connectivity index is 2.23. The lowest BCUT2D eigenvalue weighted by Gasteiger charge is -2.10. The Bertz CT molecular complexity index is 578. The molecule has 0 bridgehead atoms. The van der Waals surface area contributed by atoms with Crippen molar-refractivity contribution in [1.82, 2.24) is 4.90 Å². The SMILES string of the molecule is Cc1ccc(/C=C2\SC(=S)N(CC(=O)O)C2=O)cc1. The highest BCUT2D eigenvalue weighted by Gasteiger charge is 2.33. The number of carbonyl (C=O) groups excluding carboxylic acids is 1. The zero-order valence-corrected chi connectivity index (χ0v) is 11.8. The molecule has 1 heterocycles. The van der Waals surface area contributed by atoms with Crippen LogP contribution in [0.5, 0.6) is 0 Å². The molecule has 0 saturated carbocycles. The maximum atomic E-state index is 12.0. The molecule has 1 aliphatic rings. The number of benzene rings is 1. The molecule has 0 unspecified atom stereocenters. The molecule has 19 heavy (non-hydrogen) atoms. The van der Waals surface area contributed by atoms with Crippen LogP contribution in [0.2, 0.25) is 0 Å². The highest BCUT2D eigenvalue weighted by Crippen LogP contribution is 2.32. The number of rotatable bonds is 3. The number of carbonyl (C=O) groups is 2. The topological polar surface area (TPSA) is 57.6 Å². The van der Waals surface area contributed by atoms with E-state index < -0.39 is 12.5 Å². The van der Waals surface area contributed by atoms with Gasteiger partial charge in [-0.25, -0.2) is 0 Å². The molecule has 0 atom stereocenters. The number of hydrogen-bond acceptors (Lipinski definition) is 4. The van der Waals surface area contributed by atoms with E-state index in [-0.39, 0.29) is 10.2 Å². The van der Waals surface area contributed by atoms with Crippen LogP contribution in [0.4, 0.5) is 0 Å². The molecule has 1 aromatic rings. The second-order valence-electron chi connectivity index (χ2n) is 4.07. The van der Waals surface area contributed by atoms with E-state index in [2.05, 4.69) is 0 Å². The maximum absolute atomic E-state index is 12.0. The standard InChI is InChI=1S/C13H11NO3S2/c1-8-2-4-9(5-3-8)6-10-12(17)14(7-11(15)16)13(18)19-10/h2-6H,7H2,1H3,(H,15,16)/b10-6-. The van der Waals surface area contributed by atoms with Crippen molar-refractivity contribution in [3.05, 3.63) is 40.3 Å². The average Bonchev–Trinajstić information content (AvgIpc) is 2.60. The van der Waals surface area contributed by atoms with Crippen LogP contribution in [-0.4, -0.2) is 32.7 Å². The predicted molar refractivity (Wildman–Crippen MR) is 78.7 cm³/mol. The van der Waals surface area contributed by atoms with Gasteiger partial charge in [0.15, 0.2) is 0 Å². The molecule has 1 aliphatic heterocycles. The summed E-state index contributed by atoms with van der Waals surface area (Å²) in [6, 6.07) is 7.70. The van der Waals surface area contributed by atoms with Crippen molar-refractivity contribution in [2.45, 2.75) is 6.92 Å². The minimum Gasteiger partial charge on any atom is -0.480 e. The van der Waals surface area contributed by atoms with Crippen LogP contribution in [-0.2, 0) is 9.59 Å². The molecule has 98 valence electrons. The number of aliphatic carboxylic acids is 1. The molecule has 4 nitrogen and oxygen atoms in total. The second kappa shape index (κ2) is 5.54.